The summed E-state index contributed by atoms with van der Waals surface area (Å²) in [5.41, 5.74) is 1.49. The minimum Gasteiger partial charge on any atom is -0.492 e. The number of ether oxygens (including phenoxy) is 1. The van der Waals surface area contributed by atoms with Crippen LogP contribution in [-0.2, 0) is 10.0 Å². The fraction of sp³-hybridized carbons (Fsp3) is 0.571. The molecule has 0 spiro atoms. The van der Waals surface area contributed by atoms with Gasteiger partial charge in [-0.1, -0.05) is 0 Å². The topological polar surface area (TPSA) is 72.6 Å². The first-order chi connectivity index (χ1) is 9.39. The van der Waals surface area contributed by atoms with Gasteiger partial charge in [0.05, 0.1) is 4.90 Å². The highest BCUT2D eigenvalue weighted by molar-refractivity contribution is 7.89. The molecule has 1 aliphatic heterocycles. The molecule has 0 saturated carbocycles. The zero-order chi connectivity index (χ0) is 14.8. The summed E-state index contributed by atoms with van der Waals surface area (Å²) >= 11 is 0. The van der Waals surface area contributed by atoms with E-state index in [1.165, 1.54) is 18.9 Å². The van der Waals surface area contributed by atoms with Crippen molar-refractivity contribution in [2.24, 2.45) is 5.14 Å². The standard InChI is InChI=1S/C14H22N2O3S/c1-11-12(2)14(20(15,17)18)6-5-13(11)19-10-9-16-7-3-4-8-16/h5-6H,3-4,7-10H2,1-2H3,(H2,15,17,18). The van der Waals surface area contributed by atoms with Gasteiger partial charge in [-0.05, 0) is 63.0 Å². The summed E-state index contributed by atoms with van der Waals surface area (Å²) in [7, 11) is -3.67. The molecule has 6 heteroatoms. The first-order valence-electron chi connectivity index (χ1n) is 6.88. The summed E-state index contributed by atoms with van der Waals surface area (Å²) in [5.74, 6) is 0.731. The number of rotatable bonds is 5. The van der Waals surface area contributed by atoms with Gasteiger partial charge in [-0.25, -0.2) is 13.6 Å². The molecule has 0 aromatic heterocycles. The van der Waals surface area contributed by atoms with Gasteiger partial charge in [-0.2, -0.15) is 0 Å². The van der Waals surface area contributed by atoms with Gasteiger partial charge in [0.1, 0.15) is 12.4 Å². The molecule has 2 N–H and O–H groups in total. The minimum absolute atomic E-state index is 0.168. The van der Waals surface area contributed by atoms with Crippen molar-refractivity contribution in [3.63, 3.8) is 0 Å². The summed E-state index contributed by atoms with van der Waals surface area (Å²) in [4.78, 5) is 2.54. The van der Waals surface area contributed by atoms with Gasteiger partial charge in [0.2, 0.25) is 10.0 Å². The van der Waals surface area contributed by atoms with Crippen LogP contribution in [0.25, 0.3) is 0 Å². The van der Waals surface area contributed by atoms with Crippen LogP contribution in [0.3, 0.4) is 0 Å². The average Bonchev–Trinajstić information content (AvgIpc) is 2.86. The molecule has 1 fully saturated rings. The second-order valence-electron chi connectivity index (χ2n) is 5.25. The van der Waals surface area contributed by atoms with E-state index in [2.05, 4.69) is 4.90 Å². The van der Waals surface area contributed by atoms with Crippen LogP contribution in [0.4, 0.5) is 0 Å². The summed E-state index contributed by atoms with van der Waals surface area (Å²) in [6.45, 7) is 7.43. The predicted octanol–water partition coefficient (Wildman–Crippen LogP) is 1.43. The number of sulfonamides is 1. The fourth-order valence-corrected chi connectivity index (χ4v) is 3.36. The number of primary sulfonamides is 1. The van der Waals surface area contributed by atoms with Crippen molar-refractivity contribution in [2.45, 2.75) is 31.6 Å². The molecule has 0 atom stereocenters. The van der Waals surface area contributed by atoms with E-state index in [1.807, 2.05) is 6.92 Å². The Bertz CT molecular complexity index is 578. The third-order valence-corrected chi connectivity index (χ3v) is 4.91. The summed E-state index contributed by atoms with van der Waals surface area (Å²) in [6, 6.07) is 3.20. The Labute approximate surface area is 120 Å². The van der Waals surface area contributed by atoms with Crippen LogP contribution in [0.15, 0.2) is 17.0 Å². The number of nitrogens with two attached hydrogens (primary N) is 1. The van der Waals surface area contributed by atoms with Crippen LogP contribution in [-0.4, -0.2) is 39.6 Å². The molecule has 1 saturated heterocycles. The van der Waals surface area contributed by atoms with E-state index in [9.17, 15) is 8.42 Å². The van der Waals surface area contributed by atoms with Gasteiger partial charge in [0.25, 0.3) is 0 Å². The average molecular weight is 298 g/mol. The molecule has 1 aliphatic rings. The van der Waals surface area contributed by atoms with E-state index in [0.29, 0.717) is 12.2 Å². The molecule has 0 radical (unpaired) electrons. The van der Waals surface area contributed by atoms with Gasteiger partial charge >= 0.3 is 0 Å². The Morgan fingerprint density at radius 1 is 1.20 bits per heavy atom. The third kappa shape index (κ3) is 3.50. The van der Waals surface area contributed by atoms with E-state index < -0.39 is 10.0 Å². The maximum Gasteiger partial charge on any atom is 0.238 e. The maximum absolute atomic E-state index is 11.4. The van der Waals surface area contributed by atoms with E-state index in [0.717, 1.165) is 30.9 Å². The highest BCUT2D eigenvalue weighted by atomic mass is 32.2. The van der Waals surface area contributed by atoms with Crippen molar-refractivity contribution in [2.75, 3.05) is 26.2 Å². The number of benzene rings is 1. The van der Waals surface area contributed by atoms with E-state index in [1.54, 1.807) is 13.0 Å². The predicted molar refractivity (Wildman–Crippen MR) is 78.5 cm³/mol. The lowest BCUT2D eigenvalue weighted by Gasteiger charge is -2.17. The Morgan fingerprint density at radius 2 is 1.85 bits per heavy atom. The van der Waals surface area contributed by atoms with E-state index in [4.69, 9.17) is 9.88 Å². The van der Waals surface area contributed by atoms with Crippen molar-refractivity contribution in [1.82, 2.24) is 4.90 Å². The Kier molecular flexibility index (Phi) is 4.67. The number of hydrogen-bond acceptors (Lipinski definition) is 4. The van der Waals surface area contributed by atoms with Gasteiger partial charge in [0, 0.05) is 6.54 Å². The molecule has 20 heavy (non-hydrogen) atoms. The quantitative estimate of drug-likeness (QED) is 0.892. The van der Waals surface area contributed by atoms with Crippen molar-refractivity contribution < 1.29 is 13.2 Å². The third-order valence-electron chi connectivity index (χ3n) is 3.86. The lowest BCUT2D eigenvalue weighted by atomic mass is 10.1. The molecule has 1 aromatic carbocycles. The molecule has 0 amide bonds. The molecule has 2 rings (SSSR count). The van der Waals surface area contributed by atoms with Crippen molar-refractivity contribution >= 4 is 10.0 Å². The summed E-state index contributed by atoms with van der Waals surface area (Å²) in [5, 5.41) is 5.18. The van der Waals surface area contributed by atoms with Gasteiger partial charge < -0.3 is 4.74 Å². The molecule has 0 unspecified atom stereocenters. The van der Waals surface area contributed by atoms with Crippen molar-refractivity contribution in [3.05, 3.63) is 23.3 Å². The van der Waals surface area contributed by atoms with Crippen LogP contribution in [0, 0.1) is 13.8 Å². The van der Waals surface area contributed by atoms with Crippen LogP contribution < -0.4 is 9.88 Å². The van der Waals surface area contributed by atoms with Gasteiger partial charge in [0.15, 0.2) is 0 Å². The number of likely N-dealkylation sites (tertiary alicyclic amines) is 1. The molecular formula is C14H22N2O3S. The van der Waals surface area contributed by atoms with Crippen molar-refractivity contribution in [1.29, 1.82) is 0 Å². The zero-order valence-electron chi connectivity index (χ0n) is 12.1. The van der Waals surface area contributed by atoms with Gasteiger partial charge in [-0.15, -0.1) is 0 Å². The smallest absolute Gasteiger partial charge is 0.238 e. The lowest BCUT2D eigenvalue weighted by Crippen LogP contribution is -2.25. The first-order valence-corrected chi connectivity index (χ1v) is 8.42. The monoisotopic (exact) mass is 298 g/mol. The van der Waals surface area contributed by atoms with Crippen LogP contribution in [0.5, 0.6) is 5.75 Å². The molecule has 112 valence electrons. The van der Waals surface area contributed by atoms with E-state index >= 15 is 0 Å². The van der Waals surface area contributed by atoms with Gasteiger partial charge in [-0.3, -0.25) is 4.90 Å². The highest BCUT2D eigenvalue weighted by Gasteiger charge is 2.16. The second-order valence-corrected chi connectivity index (χ2v) is 6.78. The highest BCUT2D eigenvalue weighted by Crippen LogP contribution is 2.26. The molecular weight excluding hydrogens is 276 g/mol. The van der Waals surface area contributed by atoms with Crippen LogP contribution in [0.1, 0.15) is 24.0 Å². The zero-order valence-corrected chi connectivity index (χ0v) is 12.9. The first kappa shape index (κ1) is 15.3. The fourth-order valence-electron chi connectivity index (χ4n) is 2.53. The molecule has 0 bridgehead atoms. The summed E-state index contributed by atoms with van der Waals surface area (Å²) in [6.07, 6.45) is 2.53. The normalized spacial score (nSPS) is 16.6. The van der Waals surface area contributed by atoms with Crippen molar-refractivity contribution in [3.8, 4) is 5.75 Å². The maximum atomic E-state index is 11.4. The van der Waals surface area contributed by atoms with Crippen LogP contribution >= 0.6 is 0 Å². The van der Waals surface area contributed by atoms with Crippen LogP contribution in [0.2, 0.25) is 0 Å². The number of hydrogen-bond donors (Lipinski definition) is 1. The summed E-state index contributed by atoms with van der Waals surface area (Å²) < 4.78 is 28.6. The SMILES string of the molecule is Cc1c(OCCN2CCCC2)ccc(S(N)(=O)=O)c1C. The Balaban J connectivity index is 2.04. The Morgan fingerprint density at radius 3 is 2.45 bits per heavy atom. The minimum atomic E-state index is -3.67. The molecule has 1 heterocycles. The molecule has 1 aromatic rings. The molecule has 0 aliphatic carbocycles. The molecule has 5 nitrogen and oxygen atoms in total. The largest absolute Gasteiger partial charge is 0.492 e. The van der Waals surface area contributed by atoms with E-state index in [-0.39, 0.29) is 4.90 Å². The lowest BCUT2D eigenvalue weighted by molar-refractivity contribution is 0.236. The number of nitrogens with zero attached hydrogens (tertiary/aromatic N) is 1. The second kappa shape index (κ2) is 6.11. The Hall–Kier alpha value is -1.11.